The van der Waals surface area contributed by atoms with Crippen molar-refractivity contribution in [2.75, 3.05) is 25.5 Å². The number of ether oxygens (including phenoxy) is 1. The molecule has 8 heteroatoms. The van der Waals surface area contributed by atoms with E-state index in [0.29, 0.717) is 12.4 Å². The molecule has 0 aliphatic rings. The average molecular weight is 457 g/mol. The number of aliphatic hydroxyl groups is 1. The predicted octanol–water partition coefficient (Wildman–Crippen LogP) is 3.62. The number of nitrogens with zero attached hydrogens (tertiary/aromatic N) is 2. The lowest BCUT2D eigenvalue weighted by Crippen LogP contribution is -2.40. The smallest absolute Gasteiger partial charge is 0.216 e. The number of aliphatic hydroxyl groups excluding tert-OH is 1. The van der Waals surface area contributed by atoms with Crippen molar-refractivity contribution in [3.8, 4) is 0 Å². The number of hydrogen-bond acceptors (Lipinski definition) is 5. The molecule has 0 fully saturated rings. The van der Waals surface area contributed by atoms with Crippen molar-refractivity contribution in [2.45, 2.75) is 26.1 Å². The molecule has 0 aliphatic carbocycles. The third kappa shape index (κ3) is 4.88. The zero-order chi connectivity index (χ0) is 22.6. The minimum Gasteiger partial charge on any atom is -0.468 e. The molecule has 2 aromatic carbocycles. The maximum Gasteiger partial charge on any atom is 0.216 e. The van der Waals surface area contributed by atoms with E-state index in [1.165, 1.54) is 10.6 Å². The third-order valence-electron chi connectivity index (χ3n) is 5.48. The summed E-state index contributed by atoms with van der Waals surface area (Å²) >= 11 is 0. The van der Waals surface area contributed by atoms with Gasteiger partial charge < -0.3 is 18.8 Å². The Labute approximate surface area is 187 Å². The van der Waals surface area contributed by atoms with Gasteiger partial charge in [-0.2, -0.15) is 4.31 Å². The SMILES string of the molecule is CCOCCS(=O)(=O)N(Cc1ccco1)CC(O)Cn1c2ccccc2c2ccccc21. The molecule has 0 radical (unpaired) electrons. The molecule has 1 atom stereocenters. The van der Waals surface area contributed by atoms with Crippen molar-refractivity contribution in [2.24, 2.45) is 0 Å². The van der Waals surface area contributed by atoms with Crippen molar-refractivity contribution in [1.82, 2.24) is 8.87 Å². The number of sulfonamides is 1. The van der Waals surface area contributed by atoms with Crippen LogP contribution in [-0.4, -0.2) is 54.0 Å². The number of aromatic nitrogens is 1. The van der Waals surface area contributed by atoms with Gasteiger partial charge in [-0.3, -0.25) is 0 Å². The van der Waals surface area contributed by atoms with Gasteiger partial charge in [0.05, 0.1) is 37.8 Å². The molecule has 1 N–H and O–H groups in total. The summed E-state index contributed by atoms with van der Waals surface area (Å²) in [5, 5.41) is 13.2. The second kappa shape index (κ2) is 9.87. The highest BCUT2D eigenvalue weighted by Gasteiger charge is 2.26. The van der Waals surface area contributed by atoms with Gasteiger partial charge in [-0.1, -0.05) is 36.4 Å². The highest BCUT2D eigenvalue weighted by molar-refractivity contribution is 7.89. The van der Waals surface area contributed by atoms with Crippen LogP contribution in [0.5, 0.6) is 0 Å². The third-order valence-corrected chi connectivity index (χ3v) is 7.23. The zero-order valence-corrected chi connectivity index (χ0v) is 18.9. The molecule has 2 aromatic heterocycles. The molecule has 0 saturated carbocycles. The Morgan fingerprint density at radius 3 is 2.28 bits per heavy atom. The number of furan rings is 1. The van der Waals surface area contributed by atoms with Crippen LogP contribution in [0.4, 0.5) is 0 Å². The minimum absolute atomic E-state index is 0.0456. The molecule has 170 valence electrons. The van der Waals surface area contributed by atoms with Gasteiger partial charge in [0.2, 0.25) is 10.0 Å². The predicted molar refractivity (Wildman–Crippen MR) is 125 cm³/mol. The summed E-state index contributed by atoms with van der Waals surface area (Å²) in [6.07, 6.45) is 0.598. The summed E-state index contributed by atoms with van der Waals surface area (Å²) in [5.41, 5.74) is 2.01. The van der Waals surface area contributed by atoms with E-state index >= 15 is 0 Å². The monoisotopic (exact) mass is 456 g/mol. The summed E-state index contributed by atoms with van der Waals surface area (Å²) < 4.78 is 39.9. The summed E-state index contributed by atoms with van der Waals surface area (Å²) in [6.45, 7) is 2.66. The van der Waals surface area contributed by atoms with Crippen LogP contribution < -0.4 is 0 Å². The molecule has 0 aliphatic heterocycles. The van der Waals surface area contributed by atoms with Crippen LogP contribution in [0, 0.1) is 0 Å². The average Bonchev–Trinajstić information content (AvgIpc) is 3.40. The van der Waals surface area contributed by atoms with E-state index < -0.39 is 16.1 Å². The number of rotatable bonds is 11. The van der Waals surface area contributed by atoms with Crippen LogP contribution in [0.3, 0.4) is 0 Å². The normalized spacial score (nSPS) is 13.3. The fourth-order valence-electron chi connectivity index (χ4n) is 3.99. The van der Waals surface area contributed by atoms with Gasteiger partial charge in [-0.15, -0.1) is 0 Å². The Balaban J connectivity index is 1.59. The van der Waals surface area contributed by atoms with Gasteiger partial charge in [0, 0.05) is 35.0 Å². The molecule has 2 heterocycles. The molecule has 0 saturated heterocycles. The van der Waals surface area contributed by atoms with Crippen LogP contribution in [-0.2, 0) is 27.8 Å². The van der Waals surface area contributed by atoms with Gasteiger partial charge in [0.25, 0.3) is 0 Å². The Hall–Kier alpha value is -2.65. The molecular weight excluding hydrogens is 428 g/mol. The first-order chi connectivity index (χ1) is 15.5. The van der Waals surface area contributed by atoms with Crippen molar-refractivity contribution < 1.29 is 22.7 Å². The zero-order valence-electron chi connectivity index (χ0n) is 18.1. The summed E-state index contributed by atoms with van der Waals surface area (Å²) in [7, 11) is -3.65. The van der Waals surface area contributed by atoms with Gasteiger partial charge in [-0.25, -0.2) is 8.42 Å². The standard InChI is InChI=1S/C24H28N2O5S/c1-2-30-14-15-32(28,29)25(18-20-8-7-13-31-20)16-19(27)17-26-23-11-5-3-9-21(23)22-10-4-6-12-24(22)26/h3-13,19,27H,2,14-18H2,1H3. The molecular formula is C24H28N2O5S. The van der Waals surface area contributed by atoms with Gasteiger partial charge in [0.15, 0.2) is 0 Å². The maximum atomic E-state index is 13.0. The summed E-state index contributed by atoms with van der Waals surface area (Å²) in [4.78, 5) is 0. The van der Waals surface area contributed by atoms with Crippen molar-refractivity contribution in [3.63, 3.8) is 0 Å². The first kappa shape index (κ1) is 22.5. The van der Waals surface area contributed by atoms with E-state index in [0.717, 1.165) is 21.8 Å². The number of para-hydroxylation sites is 2. The second-order valence-electron chi connectivity index (χ2n) is 7.68. The van der Waals surface area contributed by atoms with Crippen LogP contribution in [0.1, 0.15) is 12.7 Å². The Kier molecular flexibility index (Phi) is 6.95. The molecule has 7 nitrogen and oxygen atoms in total. The summed E-state index contributed by atoms with van der Waals surface area (Å²) in [6, 6.07) is 19.5. The van der Waals surface area contributed by atoms with Gasteiger partial charge in [0.1, 0.15) is 5.76 Å². The number of benzene rings is 2. The quantitative estimate of drug-likeness (QED) is 0.349. The first-order valence-electron chi connectivity index (χ1n) is 10.7. The highest BCUT2D eigenvalue weighted by atomic mass is 32.2. The van der Waals surface area contributed by atoms with Crippen molar-refractivity contribution in [3.05, 3.63) is 72.7 Å². The van der Waals surface area contributed by atoms with E-state index in [1.54, 1.807) is 12.1 Å². The Bertz CT molecular complexity index is 1210. The van der Waals surface area contributed by atoms with Crippen LogP contribution in [0.15, 0.2) is 71.3 Å². The van der Waals surface area contributed by atoms with Crippen LogP contribution in [0.25, 0.3) is 21.8 Å². The minimum atomic E-state index is -3.65. The van der Waals surface area contributed by atoms with E-state index in [1.807, 2.05) is 47.9 Å². The fourth-order valence-corrected chi connectivity index (χ4v) is 5.30. The van der Waals surface area contributed by atoms with E-state index in [-0.39, 0.29) is 32.0 Å². The molecule has 4 aromatic rings. The van der Waals surface area contributed by atoms with E-state index in [9.17, 15) is 13.5 Å². The molecule has 4 rings (SSSR count). The number of hydrogen-bond donors (Lipinski definition) is 1. The van der Waals surface area contributed by atoms with Crippen LogP contribution in [0.2, 0.25) is 0 Å². The lowest BCUT2D eigenvalue weighted by atomic mass is 10.2. The van der Waals surface area contributed by atoms with Crippen LogP contribution >= 0.6 is 0 Å². The fraction of sp³-hybridized carbons (Fsp3) is 0.333. The lowest BCUT2D eigenvalue weighted by Gasteiger charge is -2.24. The van der Waals surface area contributed by atoms with Crippen molar-refractivity contribution >= 4 is 31.8 Å². The largest absolute Gasteiger partial charge is 0.468 e. The molecule has 32 heavy (non-hydrogen) atoms. The second-order valence-corrected chi connectivity index (χ2v) is 9.77. The van der Waals surface area contributed by atoms with E-state index in [4.69, 9.17) is 9.15 Å². The van der Waals surface area contributed by atoms with E-state index in [2.05, 4.69) is 12.1 Å². The molecule has 0 amide bonds. The maximum absolute atomic E-state index is 13.0. The Morgan fingerprint density at radius 2 is 1.69 bits per heavy atom. The van der Waals surface area contributed by atoms with Gasteiger partial charge >= 0.3 is 0 Å². The molecule has 0 bridgehead atoms. The molecule has 0 spiro atoms. The topological polar surface area (TPSA) is 84.9 Å². The number of fused-ring (bicyclic) bond motifs is 3. The van der Waals surface area contributed by atoms with Gasteiger partial charge in [-0.05, 0) is 31.2 Å². The Morgan fingerprint density at radius 1 is 1.03 bits per heavy atom. The highest BCUT2D eigenvalue weighted by Crippen LogP contribution is 2.29. The first-order valence-corrected chi connectivity index (χ1v) is 12.3. The lowest BCUT2D eigenvalue weighted by molar-refractivity contribution is 0.125. The summed E-state index contributed by atoms with van der Waals surface area (Å²) in [5.74, 6) is 0.373. The van der Waals surface area contributed by atoms with Crippen molar-refractivity contribution in [1.29, 1.82) is 0 Å². The molecule has 1 unspecified atom stereocenters.